The molecule has 0 saturated heterocycles. The average molecular weight is 363 g/mol. The maximum Gasteiger partial charge on any atom is 0.279 e. The quantitative estimate of drug-likeness (QED) is 0.698. The Morgan fingerprint density at radius 2 is 1.56 bits per heavy atom. The lowest BCUT2D eigenvalue weighted by molar-refractivity contribution is -0.862. The molecule has 2 aromatic rings. The fraction of sp³-hybridized carbons (Fsp3) is 0.222. The lowest BCUT2D eigenvalue weighted by Gasteiger charge is -2.14. The van der Waals surface area contributed by atoms with Gasteiger partial charge in [-0.05, 0) is 30.3 Å². The number of anilines is 2. The van der Waals surface area contributed by atoms with E-state index in [0.717, 1.165) is 4.90 Å². The van der Waals surface area contributed by atoms with Crippen LogP contribution < -0.4 is 20.3 Å². The molecule has 7 heteroatoms. The molecule has 6 nitrogen and oxygen atoms in total. The zero-order chi connectivity index (χ0) is 18.2. The van der Waals surface area contributed by atoms with Crippen LogP contribution in [0.5, 0.6) is 5.75 Å². The number of carbonyl (C=O) groups excluding carboxylic acids is 2. The number of rotatable bonds is 7. The first-order chi connectivity index (χ1) is 12.0. The Morgan fingerprint density at radius 3 is 2.12 bits per heavy atom. The molecule has 0 aliphatic rings. The van der Waals surface area contributed by atoms with E-state index in [9.17, 15) is 9.59 Å². The van der Waals surface area contributed by atoms with Crippen molar-refractivity contribution >= 4 is 34.8 Å². The van der Waals surface area contributed by atoms with Gasteiger partial charge in [0, 0.05) is 22.5 Å². The highest BCUT2D eigenvalue weighted by Crippen LogP contribution is 2.16. The van der Waals surface area contributed by atoms with Crippen LogP contribution in [0.15, 0.2) is 48.5 Å². The summed E-state index contributed by atoms with van der Waals surface area (Å²) in [5.41, 5.74) is 1.28. The van der Waals surface area contributed by atoms with Gasteiger partial charge in [0.25, 0.3) is 11.8 Å². The van der Waals surface area contributed by atoms with Crippen molar-refractivity contribution in [3.63, 3.8) is 0 Å². The number of hydrogen-bond acceptors (Lipinski definition) is 3. The summed E-state index contributed by atoms with van der Waals surface area (Å²) in [4.78, 5) is 24.9. The van der Waals surface area contributed by atoms with Crippen molar-refractivity contribution in [3.8, 4) is 5.75 Å². The Hall–Kier alpha value is -2.57. The molecule has 0 spiro atoms. The highest BCUT2D eigenvalue weighted by molar-refractivity contribution is 6.30. The number of quaternary nitrogens is 1. The van der Waals surface area contributed by atoms with Crippen molar-refractivity contribution in [3.05, 3.63) is 53.6 Å². The zero-order valence-electron chi connectivity index (χ0n) is 14.1. The summed E-state index contributed by atoms with van der Waals surface area (Å²) in [6.45, 7) is 0.332. The number of amides is 2. The highest BCUT2D eigenvalue weighted by Gasteiger charge is 2.14. The second-order valence-electron chi connectivity index (χ2n) is 5.65. The van der Waals surface area contributed by atoms with Crippen LogP contribution in [0.2, 0.25) is 5.02 Å². The highest BCUT2D eigenvalue weighted by atomic mass is 35.5. The topological polar surface area (TPSA) is 71.9 Å². The minimum Gasteiger partial charge on any atom is -0.497 e. The molecule has 0 aliphatic carbocycles. The monoisotopic (exact) mass is 362 g/mol. The SMILES string of the molecule is COc1cccc(NC(=O)C[NH+](C)CC(=O)Nc2cccc(Cl)c2)c1. The third-order valence-electron chi connectivity index (χ3n) is 3.39. The van der Waals surface area contributed by atoms with Crippen LogP contribution >= 0.6 is 11.6 Å². The van der Waals surface area contributed by atoms with Crippen molar-refractivity contribution in [2.75, 3.05) is 37.9 Å². The Kier molecular flexibility index (Phi) is 6.80. The first-order valence-corrected chi connectivity index (χ1v) is 8.14. The maximum absolute atomic E-state index is 12.1. The van der Waals surface area contributed by atoms with Crippen LogP contribution in [-0.2, 0) is 9.59 Å². The summed E-state index contributed by atoms with van der Waals surface area (Å²) < 4.78 is 5.12. The van der Waals surface area contributed by atoms with Crippen LogP contribution in [0.3, 0.4) is 0 Å². The Labute approximate surface area is 151 Å². The van der Waals surface area contributed by atoms with Gasteiger partial charge in [-0.3, -0.25) is 9.59 Å². The number of carbonyl (C=O) groups is 2. The molecule has 25 heavy (non-hydrogen) atoms. The first-order valence-electron chi connectivity index (χ1n) is 7.77. The van der Waals surface area contributed by atoms with E-state index in [2.05, 4.69) is 10.6 Å². The average Bonchev–Trinajstić information content (AvgIpc) is 2.54. The molecule has 0 bridgehead atoms. The second kappa shape index (κ2) is 9.05. The number of likely N-dealkylation sites (N-methyl/N-ethyl adjacent to an activating group) is 1. The molecule has 2 aromatic carbocycles. The van der Waals surface area contributed by atoms with Gasteiger partial charge in [0.2, 0.25) is 0 Å². The van der Waals surface area contributed by atoms with Crippen LogP contribution in [0, 0.1) is 0 Å². The molecule has 0 radical (unpaired) electrons. The fourth-order valence-corrected chi connectivity index (χ4v) is 2.48. The van der Waals surface area contributed by atoms with E-state index in [0.29, 0.717) is 22.1 Å². The minimum atomic E-state index is -0.186. The van der Waals surface area contributed by atoms with Crippen LogP contribution in [0.4, 0.5) is 11.4 Å². The molecule has 0 heterocycles. The van der Waals surface area contributed by atoms with Gasteiger partial charge in [0.05, 0.1) is 14.2 Å². The van der Waals surface area contributed by atoms with Gasteiger partial charge in [-0.25, -0.2) is 0 Å². The lowest BCUT2D eigenvalue weighted by Crippen LogP contribution is -3.11. The third kappa shape index (κ3) is 6.45. The number of methoxy groups -OCH3 is 1. The van der Waals surface area contributed by atoms with E-state index in [1.165, 1.54) is 0 Å². The van der Waals surface area contributed by atoms with E-state index >= 15 is 0 Å². The van der Waals surface area contributed by atoms with E-state index < -0.39 is 0 Å². The molecule has 132 valence electrons. The Morgan fingerprint density at radius 1 is 1.00 bits per heavy atom. The molecule has 2 rings (SSSR count). The third-order valence-corrected chi connectivity index (χ3v) is 3.62. The number of benzene rings is 2. The van der Waals surface area contributed by atoms with Gasteiger partial charge < -0.3 is 20.3 Å². The Bertz CT molecular complexity index is 752. The standard InChI is InChI=1S/C18H20ClN3O3/c1-22(11-17(23)20-14-6-3-5-13(19)9-14)12-18(24)21-15-7-4-8-16(10-15)25-2/h3-10H,11-12H2,1-2H3,(H,20,23)(H,21,24)/p+1. The van der Waals surface area contributed by atoms with Gasteiger partial charge in [-0.2, -0.15) is 0 Å². The molecule has 3 N–H and O–H groups in total. The molecule has 0 fully saturated rings. The predicted octanol–water partition coefficient (Wildman–Crippen LogP) is 1.44. The normalized spacial score (nSPS) is 11.5. The molecule has 0 saturated carbocycles. The van der Waals surface area contributed by atoms with Gasteiger partial charge in [0.15, 0.2) is 13.1 Å². The van der Waals surface area contributed by atoms with Crippen molar-refractivity contribution in [2.45, 2.75) is 0 Å². The molecule has 2 amide bonds. The molecular formula is C18H21ClN3O3+. The lowest BCUT2D eigenvalue weighted by atomic mass is 10.3. The van der Waals surface area contributed by atoms with Gasteiger partial charge in [0.1, 0.15) is 5.75 Å². The molecule has 0 aromatic heterocycles. The zero-order valence-corrected chi connectivity index (χ0v) is 14.9. The van der Waals surface area contributed by atoms with Gasteiger partial charge in [-0.15, -0.1) is 0 Å². The predicted molar refractivity (Wildman–Crippen MR) is 98.3 cm³/mol. The molecule has 1 unspecified atom stereocenters. The van der Waals surface area contributed by atoms with E-state index in [4.69, 9.17) is 16.3 Å². The van der Waals surface area contributed by atoms with Crippen molar-refractivity contribution < 1.29 is 19.2 Å². The number of nitrogens with one attached hydrogen (secondary N) is 3. The summed E-state index contributed by atoms with van der Waals surface area (Å²) in [6, 6.07) is 14.0. The van der Waals surface area contributed by atoms with Crippen LogP contribution in [0.1, 0.15) is 0 Å². The second-order valence-corrected chi connectivity index (χ2v) is 6.09. The van der Waals surface area contributed by atoms with Crippen molar-refractivity contribution in [1.29, 1.82) is 0 Å². The van der Waals surface area contributed by atoms with Crippen LogP contribution in [-0.4, -0.2) is 39.1 Å². The van der Waals surface area contributed by atoms with E-state index in [1.54, 1.807) is 62.7 Å². The first kappa shape index (κ1) is 18.8. The van der Waals surface area contributed by atoms with Crippen molar-refractivity contribution in [1.82, 2.24) is 0 Å². The minimum absolute atomic E-state index is 0.165. The number of ether oxygens (including phenoxy) is 1. The molecule has 0 aliphatic heterocycles. The summed E-state index contributed by atoms with van der Waals surface area (Å²) in [6.07, 6.45) is 0. The summed E-state index contributed by atoms with van der Waals surface area (Å²) in [5, 5.41) is 6.10. The Balaban J connectivity index is 1.81. The van der Waals surface area contributed by atoms with Crippen LogP contribution in [0.25, 0.3) is 0 Å². The largest absolute Gasteiger partial charge is 0.497 e. The van der Waals surface area contributed by atoms with Gasteiger partial charge in [-0.1, -0.05) is 23.7 Å². The van der Waals surface area contributed by atoms with Gasteiger partial charge >= 0.3 is 0 Å². The number of halogens is 1. The maximum atomic E-state index is 12.1. The fourth-order valence-electron chi connectivity index (χ4n) is 2.29. The summed E-state index contributed by atoms with van der Waals surface area (Å²) in [5.74, 6) is 0.301. The number of hydrogen-bond donors (Lipinski definition) is 3. The molecular weight excluding hydrogens is 342 g/mol. The van der Waals surface area contributed by atoms with E-state index in [-0.39, 0.29) is 24.9 Å². The molecule has 1 atom stereocenters. The van der Waals surface area contributed by atoms with Crippen molar-refractivity contribution in [2.24, 2.45) is 0 Å². The summed E-state index contributed by atoms with van der Waals surface area (Å²) >= 11 is 5.88. The smallest absolute Gasteiger partial charge is 0.279 e. The van der Waals surface area contributed by atoms with E-state index in [1.807, 2.05) is 0 Å². The summed E-state index contributed by atoms with van der Waals surface area (Å²) in [7, 11) is 3.35.